The lowest BCUT2D eigenvalue weighted by Gasteiger charge is -2.32. The van der Waals surface area contributed by atoms with E-state index in [9.17, 15) is 19.5 Å². The van der Waals surface area contributed by atoms with Gasteiger partial charge in [0.1, 0.15) is 6.61 Å². The Morgan fingerprint density at radius 1 is 1.09 bits per heavy atom. The number of hydrogen-bond acceptors (Lipinski definition) is 7. The molecule has 13 heteroatoms. The smallest absolute Gasteiger partial charge is 0.407 e. The molecular formula is C32H35ClN6O6. The van der Waals surface area contributed by atoms with Crippen LogP contribution in [0, 0.1) is 12.8 Å². The summed E-state index contributed by atoms with van der Waals surface area (Å²) in [5, 5.41) is 13.0. The Labute approximate surface area is 264 Å². The van der Waals surface area contributed by atoms with Crippen molar-refractivity contribution < 1.29 is 24.2 Å². The van der Waals surface area contributed by atoms with Gasteiger partial charge in [-0.1, -0.05) is 23.7 Å². The first-order valence-electron chi connectivity index (χ1n) is 15.1. The van der Waals surface area contributed by atoms with E-state index in [2.05, 4.69) is 15.3 Å². The van der Waals surface area contributed by atoms with Gasteiger partial charge < -0.3 is 19.9 Å². The number of para-hydroxylation sites is 2. The molecule has 0 spiro atoms. The van der Waals surface area contributed by atoms with Crippen LogP contribution in [0.25, 0.3) is 16.7 Å². The molecule has 4 heterocycles. The number of aryl methyl sites for hydroxylation is 1. The van der Waals surface area contributed by atoms with E-state index in [1.54, 1.807) is 35.9 Å². The second kappa shape index (κ2) is 13.3. The summed E-state index contributed by atoms with van der Waals surface area (Å²) in [6, 6.07) is 12.4. The fourth-order valence-electron chi connectivity index (χ4n) is 6.20. The molecule has 1 aliphatic heterocycles. The highest BCUT2D eigenvalue weighted by molar-refractivity contribution is 6.30. The van der Waals surface area contributed by atoms with Crippen molar-refractivity contribution in [2.24, 2.45) is 5.92 Å². The topological polar surface area (TPSA) is 141 Å². The lowest BCUT2D eigenvalue weighted by Crippen LogP contribution is -2.50. The summed E-state index contributed by atoms with van der Waals surface area (Å²) in [5.74, 6) is 0.449. The molecule has 0 bridgehead atoms. The van der Waals surface area contributed by atoms with E-state index in [4.69, 9.17) is 21.1 Å². The Balaban J connectivity index is 1.12. The van der Waals surface area contributed by atoms with Crippen LogP contribution < -0.4 is 15.7 Å². The number of rotatable bonds is 8. The van der Waals surface area contributed by atoms with Crippen molar-refractivity contribution in [3.63, 3.8) is 0 Å². The molecule has 4 aromatic rings. The van der Waals surface area contributed by atoms with Crippen LogP contribution in [0.4, 0.5) is 4.79 Å². The maximum atomic E-state index is 13.8. The molecule has 0 radical (unpaired) electrons. The monoisotopic (exact) mass is 634 g/mol. The molecule has 1 atom stereocenters. The van der Waals surface area contributed by atoms with E-state index < -0.39 is 12.1 Å². The van der Waals surface area contributed by atoms with Crippen LogP contribution >= 0.6 is 11.6 Å². The fraction of sp³-hybridized carbons (Fsp3) is 0.406. The summed E-state index contributed by atoms with van der Waals surface area (Å²) in [6.45, 7) is 3.39. The third kappa shape index (κ3) is 6.66. The van der Waals surface area contributed by atoms with E-state index in [0.29, 0.717) is 47.5 Å². The molecule has 12 nitrogen and oxygen atoms in total. The number of carbonyl (C=O) groups excluding carboxylic acids is 1. The van der Waals surface area contributed by atoms with Gasteiger partial charge in [0.25, 0.3) is 5.91 Å². The van der Waals surface area contributed by atoms with Gasteiger partial charge in [0, 0.05) is 31.4 Å². The van der Waals surface area contributed by atoms with Gasteiger partial charge >= 0.3 is 11.8 Å². The number of ether oxygens (including phenoxy) is 2. The number of halogens is 1. The molecule has 45 heavy (non-hydrogen) atoms. The zero-order chi connectivity index (χ0) is 31.5. The van der Waals surface area contributed by atoms with Crippen LogP contribution in [0.1, 0.15) is 41.7 Å². The third-order valence-corrected chi connectivity index (χ3v) is 8.84. The first-order valence-corrected chi connectivity index (χ1v) is 15.5. The Hall–Kier alpha value is -4.42. The van der Waals surface area contributed by atoms with E-state index in [0.717, 1.165) is 36.7 Å². The second-order valence-electron chi connectivity index (χ2n) is 11.6. The number of amides is 2. The van der Waals surface area contributed by atoms with Crippen molar-refractivity contribution in [3.05, 3.63) is 81.6 Å². The van der Waals surface area contributed by atoms with Crippen LogP contribution in [0.15, 0.2) is 59.7 Å². The predicted octanol–water partition coefficient (Wildman–Crippen LogP) is 4.29. The second-order valence-corrected chi connectivity index (χ2v) is 12.0. The van der Waals surface area contributed by atoms with Crippen LogP contribution in [-0.4, -0.2) is 79.6 Å². The van der Waals surface area contributed by atoms with Gasteiger partial charge in [-0.25, -0.2) is 14.6 Å². The van der Waals surface area contributed by atoms with Gasteiger partial charge in [-0.15, -0.1) is 0 Å². The van der Waals surface area contributed by atoms with E-state index >= 15 is 0 Å². The molecule has 0 unspecified atom stereocenters. The lowest BCUT2D eigenvalue weighted by atomic mass is 9.85. The number of morpholine rings is 1. The van der Waals surface area contributed by atoms with Crippen LogP contribution in [0.2, 0.25) is 5.02 Å². The van der Waals surface area contributed by atoms with Crippen LogP contribution in [-0.2, 0) is 11.3 Å². The average molecular weight is 635 g/mol. The summed E-state index contributed by atoms with van der Waals surface area (Å²) in [7, 11) is 0. The molecule has 3 aromatic heterocycles. The quantitative estimate of drug-likeness (QED) is 0.293. The molecule has 1 saturated heterocycles. The average Bonchev–Trinajstić information content (AvgIpc) is 3.33. The summed E-state index contributed by atoms with van der Waals surface area (Å²) < 4.78 is 14.7. The molecule has 2 aliphatic rings. The SMILES string of the molecule is Cc1ncc(Cl)cc1C(=O)NC1CCC(Cn2c(=O)n(-c3ccc(OC[C@H]4COCCN4C(=O)O)nc3)c3ccccc32)CC1. The highest BCUT2D eigenvalue weighted by atomic mass is 35.5. The Morgan fingerprint density at radius 3 is 2.60 bits per heavy atom. The van der Waals surface area contributed by atoms with Crippen molar-refractivity contribution in [3.8, 4) is 11.6 Å². The van der Waals surface area contributed by atoms with Crippen molar-refractivity contribution in [2.75, 3.05) is 26.4 Å². The largest absolute Gasteiger partial charge is 0.475 e. The maximum absolute atomic E-state index is 13.8. The number of pyridine rings is 2. The van der Waals surface area contributed by atoms with Gasteiger partial charge in [-0.05, 0) is 62.8 Å². The molecule has 6 rings (SSSR count). The maximum Gasteiger partial charge on any atom is 0.407 e. The summed E-state index contributed by atoms with van der Waals surface area (Å²) >= 11 is 6.05. The van der Waals surface area contributed by atoms with Gasteiger partial charge in [0.15, 0.2) is 0 Å². The predicted molar refractivity (Wildman–Crippen MR) is 167 cm³/mol. The number of benzene rings is 1. The van der Waals surface area contributed by atoms with Gasteiger partial charge in [-0.3, -0.25) is 23.8 Å². The number of aromatic nitrogens is 4. The van der Waals surface area contributed by atoms with E-state index in [1.165, 1.54) is 11.1 Å². The molecule has 1 aliphatic carbocycles. The zero-order valence-corrected chi connectivity index (χ0v) is 25.7. The first kappa shape index (κ1) is 30.6. The minimum Gasteiger partial charge on any atom is -0.475 e. The Bertz CT molecular complexity index is 1750. The summed E-state index contributed by atoms with van der Waals surface area (Å²) in [6.07, 6.45) is 5.51. The zero-order valence-electron chi connectivity index (χ0n) is 24.9. The molecule has 1 aromatic carbocycles. The number of imidazole rings is 1. The van der Waals surface area contributed by atoms with Crippen LogP contribution in [0.3, 0.4) is 0 Å². The minimum absolute atomic E-state index is 0.0508. The van der Waals surface area contributed by atoms with Gasteiger partial charge in [-0.2, -0.15) is 0 Å². The lowest BCUT2D eigenvalue weighted by molar-refractivity contribution is -0.0153. The van der Waals surface area contributed by atoms with Crippen molar-refractivity contribution in [2.45, 2.75) is 51.2 Å². The molecule has 2 amide bonds. The number of fused-ring (bicyclic) bond motifs is 1. The first-order chi connectivity index (χ1) is 21.8. The Kier molecular flexibility index (Phi) is 9.04. The summed E-state index contributed by atoms with van der Waals surface area (Å²) in [5.41, 5.74) is 3.20. The number of hydrogen-bond donors (Lipinski definition) is 2. The van der Waals surface area contributed by atoms with Gasteiger partial charge in [0.05, 0.1) is 58.5 Å². The van der Waals surface area contributed by atoms with Crippen molar-refractivity contribution in [1.82, 2.24) is 29.3 Å². The number of nitrogens with zero attached hydrogens (tertiary/aromatic N) is 5. The number of carbonyl (C=O) groups is 2. The molecule has 236 valence electrons. The van der Waals surface area contributed by atoms with Crippen LogP contribution in [0.5, 0.6) is 5.88 Å². The minimum atomic E-state index is -1.01. The Morgan fingerprint density at radius 2 is 1.87 bits per heavy atom. The number of carboxylic acid groups (broad SMARTS) is 1. The fourth-order valence-corrected chi connectivity index (χ4v) is 6.36. The number of nitrogens with one attached hydrogen (secondary N) is 1. The third-order valence-electron chi connectivity index (χ3n) is 8.63. The van der Waals surface area contributed by atoms with Gasteiger partial charge in [0.2, 0.25) is 5.88 Å². The normalized spacial score (nSPS) is 20.2. The highest BCUT2D eigenvalue weighted by Crippen LogP contribution is 2.28. The van der Waals surface area contributed by atoms with E-state index in [1.807, 2.05) is 28.8 Å². The highest BCUT2D eigenvalue weighted by Gasteiger charge is 2.28. The molecule has 2 N–H and O–H groups in total. The van der Waals surface area contributed by atoms with E-state index in [-0.39, 0.29) is 36.8 Å². The molecule has 2 fully saturated rings. The van der Waals surface area contributed by atoms with Crippen molar-refractivity contribution >= 4 is 34.6 Å². The summed E-state index contributed by atoms with van der Waals surface area (Å²) in [4.78, 5) is 48.1. The molecule has 1 saturated carbocycles. The van der Waals surface area contributed by atoms with Crippen molar-refractivity contribution in [1.29, 1.82) is 0 Å². The standard InChI is InChI=1S/C32H35ClN6O6/c1-20-26(14-22(33)15-34-20)30(40)36-23-8-6-21(7-9-23)17-38-27-4-2-3-5-28(27)39(31(38)41)24-10-11-29(35-16-24)45-19-25-18-44-13-12-37(25)32(42)43/h2-5,10-11,14-16,21,23,25H,6-9,12-13,17-19H2,1H3,(H,36,40)(H,42,43)/t21?,23?,25-/m1/s1. The molecular weight excluding hydrogens is 600 g/mol.